The summed E-state index contributed by atoms with van der Waals surface area (Å²) in [6, 6.07) is 2.54. The highest BCUT2D eigenvalue weighted by molar-refractivity contribution is 7.89. The molecule has 3 rings (SSSR count). The van der Waals surface area contributed by atoms with E-state index >= 15 is 0 Å². The Morgan fingerprint density at radius 2 is 1.89 bits per heavy atom. The largest absolute Gasteiger partial charge is 0.319 e. The number of nitrogens with zero attached hydrogens (tertiary/aromatic N) is 3. The van der Waals surface area contributed by atoms with Crippen LogP contribution in [0.15, 0.2) is 23.2 Å². The van der Waals surface area contributed by atoms with Crippen molar-refractivity contribution in [3.63, 3.8) is 0 Å². The molecule has 1 aliphatic rings. The first-order valence-electron chi connectivity index (χ1n) is 8.58. The monoisotopic (exact) mass is 430 g/mol. The molecule has 1 amide bonds. The highest BCUT2D eigenvalue weighted by Crippen LogP contribution is 2.32. The number of nitrogens with one attached hydrogen (secondary N) is 1. The van der Waals surface area contributed by atoms with Gasteiger partial charge in [0.1, 0.15) is 4.90 Å². The molecule has 2 heterocycles. The van der Waals surface area contributed by atoms with Crippen LogP contribution in [-0.2, 0) is 16.6 Å². The van der Waals surface area contributed by atoms with E-state index in [-0.39, 0.29) is 20.5 Å². The van der Waals surface area contributed by atoms with Crippen LogP contribution < -0.4 is 5.32 Å². The molecule has 0 unspecified atom stereocenters. The molecule has 1 saturated heterocycles. The molecule has 10 heteroatoms. The fraction of sp³-hybridized carbons (Fsp3) is 0.412. The van der Waals surface area contributed by atoms with Crippen LogP contribution in [0, 0.1) is 6.92 Å². The molecule has 146 valence electrons. The summed E-state index contributed by atoms with van der Waals surface area (Å²) in [5.74, 6) is -0.520. The zero-order chi connectivity index (χ0) is 19.8. The Morgan fingerprint density at radius 3 is 2.48 bits per heavy atom. The Hall–Kier alpha value is -1.61. The first-order chi connectivity index (χ1) is 12.8. The molecule has 0 aliphatic carbocycles. The number of hydrogen-bond donors (Lipinski definition) is 1. The molecule has 1 aromatic heterocycles. The second-order valence-corrected chi connectivity index (χ2v) is 9.01. The summed E-state index contributed by atoms with van der Waals surface area (Å²) in [5, 5.41) is 6.98. The summed E-state index contributed by atoms with van der Waals surface area (Å²) in [4.78, 5) is 12.6. The van der Waals surface area contributed by atoms with Gasteiger partial charge in [-0.05, 0) is 38.8 Å². The number of benzene rings is 1. The number of hydrogen-bond acceptors (Lipinski definition) is 4. The van der Waals surface area contributed by atoms with E-state index < -0.39 is 15.9 Å². The van der Waals surface area contributed by atoms with E-state index in [1.165, 1.54) is 16.4 Å². The van der Waals surface area contributed by atoms with E-state index in [9.17, 15) is 13.2 Å². The van der Waals surface area contributed by atoms with Crippen molar-refractivity contribution in [2.75, 3.05) is 18.4 Å². The zero-order valence-electron chi connectivity index (χ0n) is 15.0. The molecule has 0 saturated carbocycles. The van der Waals surface area contributed by atoms with E-state index in [0.717, 1.165) is 18.5 Å². The molecule has 1 N–H and O–H groups in total. The number of carbonyl (C=O) groups excluding carboxylic acids is 1. The maximum atomic E-state index is 12.8. The van der Waals surface area contributed by atoms with Gasteiger partial charge in [0.2, 0.25) is 10.0 Å². The lowest BCUT2D eigenvalue weighted by molar-refractivity contribution is 0.102. The highest BCUT2D eigenvalue weighted by Gasteiger charge is 2.30. The molecule has 1 aliphatic heterocycles. The van der Waals surface area contributed by atoms with Crippen molar-refractivity contribution < 1.29 is 13.2 Å². The van der Waals surface area contributed by atoms with Crippen molar-refractivity contribution in [1.82, 2.24) is 14.1 Å². The summed E-state index contributed by atoms with van der Waals surface area (Å²) < 4.78 is 28.8. The van der Waals surface area contributed by atoms with Crippen LogP contribution in [0.2, 0.25) is 10.0 Å². The fourth-order valence-corrected chi connectivity index (χ4v) is 5.40. The van der Waals surface area contributed by atoms with Crippen LogP contribution in [0.25, 0.3) is 0 Å². The number of halogens is 2. The topological polar surface area (TPSA) is 84.3 Å². The minimum Gasteiger partial charge on any atom is -0.319 e. The predicted molar refractivity (Wildman–Crippen MR) is 105 cm³/mol. The van der Waals surface area contributed by atoms with Crippen LogP contribution in [0.1, 0.15) is 35.8 Å². The van der Waals surface area contributed by atoms with Gasteiger partial charge in [0.25, 0.3) is 5.91 Å². The van der Waals surface area contributed by atoms with Crippen molar-refractivity contribution in [2.24, 2.45) is 0 Å². The highest BCUT2D eigenvalue weighted by atomic mass is 35.5. The standard InChI is InChI=1S/C17H20Cl2N4O3S/c1-3-23-11(2)15(10-20-23)21-17(24)12-8-16(14(19)9-13(12)18)27(25,26)22-6-4-5-7-22/h8-10H,3-7H2,1-2H3,(H,21,24). The molecule has 1 aromatic carbocycles. The van der Waals surface area contributed by atoms with Gasteiger partial charge < -0.3 is 5.32 Å². The molecule has 0 spiro atoms. The van der Waals surface area contributed by atoms with Gasteiger partial charge in [-0.3, -0.25) is 9.48 Å². The number of anilines is 1. The SMILES string of the molecule is CCn1ncc(NC(=O)c2cc(S(=O)(=O)N3CCCC3)c(Cl)cc2Cl)c1C. The van der Waals surface area contributed by atoms with Gasteiger partial charge >= 0.3 is 0 Å². The summed E-state index contributed by atoms with van der Waals surface area (Å²) in [7, 11) is -3.78. The van der Waals surface area contributed by atoms with E-state index in [1.54, 1.807) is 10.9 Å². The fourth-order valence-electron chi connectivity index (χ4n) is 3.05. The minimum absolute atomic E-state index is 0.00145. The minimum atomic E-state index is -3.78. The molecule has 27 heavy (non-hydrogen) atoms. The Kier molecular flexibility index (Phi) is 5.81. The van der Waals surface area contributed by atoms with Crippen LogP contribution in [0.4, 0.5) is 5.69 Å². The Balaban J connectivity index is 1.95. The predicted octanol–water partition coefficient (Wildman–Crippen LogP) is 3.56. The molecule has 0 atom stereocenters. The number of rotatable bonds is 5. The molecular formula is C17H20Cl2N4O3S. The van der Waals surface area contributed by atoms with Gasteiger partial charge in [-0.2, -0.15) is 9.40 Å². The molecule has 2 aromatic rings. The van der Waals surface area contributed by atoms with E-state index in [1.807, 2.05) is 13.8 Å². The average molecular weight is 431 g/mol. The summed E-state index contributed by atoms with van der Waals surface area (Å²) in [6.07, 6.45) is 3.15. The number of carbonyl (C=O) groups is 1. The Labute approximate surface area is 168 Å². The maximum Gasteiger partial charge on any atom is 0.257 e. The van der Waals surface area contributed by atoms with Crippen LogP contribution >= 0.6 is 23.2 Å². The average Bonchev–Trinajstić information content (AvgIpc) is 3.26. The van der Waals surface area contributed by atoms with Gasteiger partial charge in [-0.25, -0.2) is 8.42 Å². The second kappa shape index (κ2) is 7.79. The molecule has 7 nitrogen and oxygen atoms in total. The van der Waals surface area contributed by atoms with Gasteiger partial charge in [-0.15, -0.1) is 0 Å². The normalized spacial score (nSPS) is 15.3. The third-order valence-electron chi connectivity index (χ3n) is 4.60. The quantitative estimate of drug-likeness (QED) is 0.785. The van der Waals surface area contributed by atoms with Crippen molar-refractivity contribution in [1.29, 1.82) is 0 Å². The summed E-state index contributed by atoms with van der Waals surface area (Å²) in [6.45, 7) is 5.33. The third-order valence-corrected chi connectivity index (χ3v) is 7.28. The number of amides is 1. The lowest BCUT2D eigenvalue weighted by Crippen LogP contribution is -2.28. The van der Waals surface area contributed by atoms with Gasteiger partial charge in [0, 0.05) is 19.6 Å². The Bertz CT molecular complexity index is 982. The lowest BCUT2D eigenvalue weighted by atomic mass is 10.2. The van der Waals surface area contributed by atoms with Crippen LogP contribution in [-0.4, -0.2) is 41.5 Å². The Morgan fingerprint density at radius 1 is 1.22 bits per heavy atom. The van der Waals surface area contributed by atoms with Crippen molar-refractivity contribution >= 4 is 44.8 Å². The number of aromatic nitrogens is 2. The van der Waals surface area contributed by atoms with Crippen LogP contribution in [0.5, 0.6) is 0 Å². The molecular weight excluding hydrogens is 411 g/mol. The van der Waals surface area contributed by atoms with Gasteiger partial charge in [0.15, 0.2) is 0 Å². The van der Waals surface area contributed by atoms with Crippen molar-refractivity contribution in [3.05, 3.63) is 39.6 Å². The lowest BCUT2D eigenvalue weighted by Gasteiger charge is -2.17. The molecule has 0 bridgehead atoms. The zero-order valence-corrected chi connectivity index (χ0v) is 17.3. The van der Waals surface area contributed by atoms with Gasteiger partial charge in [0.05, 0.1) is 33.2 Å². The molecule has 0 radical (unpaired) electrons. The maximum absolute atomic E-state index is 12.8. The second-order valence-electron chi connectivity index (χ2n) is 6.29. The van der Waals surface area contributed by atoms with Crippen LogP contribution in [0.3, 0.4) is 0 Å². The van der Waals surface area contributed by atoms with E-state index in [0.29, 0.717) is 25.3 Å². The van der Waals surface area contributed by atoms with E-state index in [2.05, 4.69) is 10.4 Å². The number of aryl methyl sites for hydroxylation is 1. The summed E-state index contributed by atoms with van der Waals surface area (Å²) >= 11 is 12.3. The van der Waals surface area contributed by atoms with Gasteiger partial charge in [-0.1, -0.05) is 23.2 Å². The van der Waals surface area contributed by atoms with E-state index in [4.69, 9.17) is 23.2 Å². The number of sulfonamides is 1. The summed E-state index contributed by atoms with van der Waals surface area (Å²) in [5.41, 5.74) is 1.38. The van der Waals surface area contributed by atoms with Crippen molar-refractivity contribution in [3.8, 4) is 0 Å². The first-order valence-corrected chi connectivity index (χ1v) is 10.8. The smallest absolute Gasteiger partial charge is 0.257 e. The third kappa shape index (κ3) is 3.85. The first kappa shape index (κ1) is 20.1. The van der Waals surface area contributed by atoms with Crippen molar-refractivity contribution in [2.45, 2.75) is 38.1 Å². The molecule has 1 fully saturated rings.